The Hall–Kier alpha value is -1.65. The van der Waals surface area contributed by atoms with Crippen molar-refractivity contribution in [2.75, 3.05) is 13.2 Å². The molecule has 0 radical (unpaired) electrons. The van der Waals surface area contributed by atoms with Crippen LogP contribution in [-0.2, 0) is 6.54 Å². The van der Waals surface area contributed by atoms with E-state index in [1.807, 2.05) is 30.3 Å². The molecule has 0 aliphatic carbocycles. The fourth-order valence-corrected chi connectivity index (χ4v) is 2.95. The molecule has 3 aromatic rings. The molecule has 3 nitrogen and oxygen atoms in total. The fourth-order valence-electron chi connectivity index (χ4n) is 2.78. The number of aliphatic hydroxyl groups excluding tert-OH is 2. The van der Waals surface area contributed by atoms with Crippen molar-refractivity contribution in [3.63, 3.8) is 0 Å². The van der Waals surface area contributed by atoms with Crippen LogP contribution in [0.25, 0.3) is 21.5 Å². The summed E-state index contributed by atoms with van der Waals surface area (Å²) in [4.78, 5) is 0. The Balaban J connectivity index is 2.16. The number of nitrogens with one attached hydrogen (secondary N) is 1. The molecular formula is C19H20ClNO2. The highest BCUT2D eigenvalue weighted by atomic mass is 35.5. The van der Waals surface area contributed by atoms with E-state index in [4.69, 9.17) is 11.6 Å². The number of halogens is 1. The smallest absolute Gasteiger partial charge is 0.0633 e. The lowest BCUT2D eigenvalue weighted by atomic mass is 9.95. The Morgan fingerprint density at radius 3 is 2.39 bits per heavy atom. The summed E-state index contributed by atoms with van der Waals surface area (Å²) in [6, 6.07) is 16.2. The lowest BCUT2D eigenvalue weighted by Gasteiger charge is -2.27. The van der Waals surface area contributed by atoms with Crippen molar-refractivity contribution < 1.29 is 10.2 Å². The topological polar surface area (TPSA) is 52.5 Å². The predicted octanol–water partition coefficient (Wildman–Crippen LogP) is 3.48. The Labute approximate surface area is 140 Å². The van der Waals surface area contributed by atoms with Crippen LogP contribution < -0.4 is 5.32 Å². The molecule has 3 N–H and O–H groups in total. The van der Waals surface area contributed by atoms with E-state index in [0.29, 0.717) is 11.6 Å². The molecular weight excluding hydrogens is 310 g/mol. The standard InChI is InChI=1S/C19H20ClNO2/c1-19(11-22,12-23)21-10-18-16-5-3-2-4-13(16)8-14-6-7-15(20)9-17(14)18/h2-9,21-23H,10-12H2,1H3. The van der Waals surface area contributed by atoms with Crippen molar-refractivity contribution in [2.45, 2.75) is 19.0 Å². The molecule has 0 aliphatic rings. The van der Waals surface area contributed by atoms with Crippen LogP contribution in [-0.4, -0.2) is 29.0 Å². The van der Waals surface area contributed by atoms with Crippen LogP contribution in [0, 0.1) is 0 Å². The summed E-state index contributed by atoms with van der Waals surface area (Å²) in [6.45, 7) is 2.07. The van der Waals surface area contributed by atoms with Crippen molar-refractivity contribution in [1.82, 2.24) is 5.32 Å². The maximum Gasteiger partial charge on any atom is 0.0633 e. The number of aliphatic hydroxyl groups is 2. The van der Waals surface area contributed by atoms with Crippen LogP contribution in [0.3, 0.4) is 0 Å². The second-order valence-corrected chi connectivity index (χ2v) is 6.61. The SMILES string of the molecule is CC(CO)(CO)NCc1c2ccccc2cc2ccc(Cl)cc12. The number of rotatable bonds is 5. The summed E-state index contributed by atoms with van der Waals surface area (Å²) in [5.41, 5.74) is 0.399. The molecule has 0 amide bonds. The van der Waals surface area contributed by atoms with Gasteiger partial charge in [0.15, 0.2) is 0 Å². The van der Waals surface area contributed by atoms with E-state index in [1.165, 1.54) is 0 Å². The molecule has 23 heavy (non-hydrogen) atoms. The Morgan fingerprint density at radius 1 is 0.957 bits per heavy atom. The third kappa shape index (κ3) is 3.19. The summed E-state index contributed by atoms with van der Waals surface area (Å²) in [5.74, 6) is 0. The van der Waals surface area contributed by atoms with Gasteiger partial charge < -0.3 is 15.5 Å². The van der Waals surface area contributed by atoms with Crippen molar-refractivity contribution in [3.05, 3.63) is 59.1 Å². The van der Waals surface area contributed by atoms with Crippen LogP contribution in [0.4, 0.5) is 0 Å². The Morgan fingerprint density at radius 2 is 1.65 bits per heavy atom. The van der Waals surface area contributed by atoms with Gasteiger partial charge in [-0.15, -0.1) is 0 Å². The molecule has 3 aromatic carbocycles. The molecule has 0 unspecified atom stereocenters. The molecule has 0 saturated heterocycles. The van der Waals surface area contributed by atoms with Crippen molar-refractivity contribution in [3.8, 4) is 0 Å². The molecule has 0 aromatic heterocycles. The van der Waals surface area contributed by atoms with Gasteiger partial charge >= 0.3 is 0 Å². The minimum Gasteiger partial charge on any atom is -0.394 e. The lowest BCUT2D eigenvalue weighted by Crippen LogP contribution is -2.48. The summed E-state index contributed by atoms with van der Waals surface area (Å²) in [6.07, 6.45) is 0. The second kappa shape index (κ2) is 6.46. The largest absolute Gasteiger partial charge is 0.394 e. The number of hydrogen-bond donors (Lipinski definition) is 3. The monoisotopic (exact) mass is 329 g/mol. The Bertz CT molecular complexity index is 843. The van der Waals surface area contributed by atoms with Gasteiger partial charge in [-0.25, -0.2) is 0 Å². The van der Waals surface area contributed by atoms with Crippen molar-refractivity contribution in [1.29, 1.82) is 0 Å². The highest BCUT2D eigenvalue weighted by molar-refractivity contribution is 6.31. The van der Waals surface area contributed by atoms with Gasteiger partial charge in [-0.3, -0.25) is 0 Å². The van der Waals surface area contributed by atoms with Gasteiger partial charge in [0, 0.05) is 11.6 Å². The third-order valence-electron chi connectivity index (χ3n) is 4.33. The minimum absolute atomic E-state index is 0.132. The molecule has 0 saturated carbocycles. The molecule has 3 rings (SSSR count). The quantitative estimate of drug-likeness (QED) is 0.628. The summed E-state index contributed by atoms with van der Waals surface area (Å²) in [5, 5.41) is 27.5. The van der Waals surface area contributed by atoms with E-state index in [1.54, 1.807) is 6.92 Å². The highest BCUT2D eigenvalue weighted by Crippen LogP contribution is 2.30. The van der Waals surface area contributed by atoms with Crippen molar-refractivity contribution in [2.24, 2.45) is 0 Å². The van der Waals surface area contributed by atoms with E-state index in [2.05, 4.69) is 23.5 Å². The van der Waals surface area contributed by atoms with Crippen molar-refractivity contribution >= 4 is 33.1 Å². The average Bonchev–Trinajstić information content (AvgIpc) is 2.58. The maximum atomic E-state index is 9.49. The first kappa shape index (κ1) is 16.2. The van der Waals surface area contributed by atoms with E-state index >= 15 is 0 Å². The van der Waals surface area contributed by atoms with Gasteiger partial charge in [0.1, 0.15) is 0 Å². The predicted molar refractivity (Wildman–Crippen MR) is 95.9 cm³/mol. The first-order valence-corrected chi connectivity index (χ1v) is 8.01. The molecule has 0 atom stereocenters. The molecule has 120 valence electrons. The van der Waals surface area contributed by atoms with Gasteiger partial charge in [-0.2, -0.15) is 0 Å². The van der Waals surface area contributed by atoms with E-state index < -0.39 is 5.54 Å². The van der Waals surface area contributed by atoms with E-state index in [-0.39, 0.29) is 13.2 Å². The third-order valence-corrected chi connectivity index (χ3v) is 4.56. The van der Waals surface area contributed by atoms with Gasteiger partial charge in [0.25, 0.3) is 0 Å². The number of benzene rings is 3. The van der Waals surface area contributed by atoms with Crippen LogP contribution >= 0.6 is 11.6 Å². The maximum absolute atomic E-state index is 9.49. The average molecular weight is 330 g/mol. The molecule has 0 heterocycles. The molecule has 4 heteroatoms. The van der Waals surface area contributed by atoms with Gasteiger partial charge in [0.2, 0.25) is 0 Å². The zero-order valence-corrected chi connectivity index (χ0v) is 13.8. The second-order valence-electron chi connectivity index (χ2n) is 6.17. The summed E-state index contributed by atoms with van der Waals surface area (Å²) < 4.78 is 0. The molecule has 0 spiro atoms. The number of fused-ring (bicyclic) bond motifs is 2. The van der Waals surface area contributed by atoms with Gasteiger partial charge in [-0.05, 0) is 52.2 Å². The molecule has 0 bridgehead atoms. The van der Waals surface area contributed by atoms with Crippen LogP contribution in [0.5, 0.6) is 0 Å². The lowest BCUT2D eigenvalue weighted by molar-refractivity contribution is 0.103. The van der Waals surface area contributed by atoms with Crippen LogP contribution in [0.1, 0.15) is 12.5 Å². The zero-order chi connectivity index (χ0) is 16.4. The van der Waals surface area contributed by atoms with Gasteiger partial charge in [0.05, 0.1) is 18.8 Å². The fraction of sp³-hybridized carbons (Fsp3) is 0.263. The van der Waals surface area contributed by atoms with E-state index in [0.717, 1.165) is 27.1 Å². The summed E-state index contributed by atoms with van der Waals surface area (Å²) in [7, 11) is 0. The summed E-state index contributed by atoms with van der Waals surface area (Å²) >= 11 is 6.19. The zero-order valence-electron chi connectivity index (χ0n) is 13.0. The molecule has 0 aliphatic heterocycles. The van der Waals surface area contributed by atoms with Crippen LogP contribution in [0.2, 0.25) is 5.02 Å². The Kier molecular flexibility index (Phi) is 4.55. The first-order valence-electron chi connectivity index (χ1n) is 7.63. The minimum atomic E-state index is -0.720. The molecule has 0 fully saturated rings. The normalized spacial score (nSPS) is 12.2. The van der Waals surface area contributed by atoms with E-state index in [9.17, 15) is 10.2 Å². The highest BCUT2D eigenvalue weighted by Gasteiger charge is 2.22. The number of hydrogen-bond acceptors (Lipinski definition) is 3. The van der Waals surface area contributed by atoms with Crippen LogP contribution in [0.15, 0.2) is 48.5 Å². The first-order chi connectivity index (χ1) is 11.1. The van der Waals surface area contributed by atoms with Gasteiger partial charge in [-0.1, -0.05) is 41.9 Å².